The molecule has 2 heteroatoms. The van der Waals surface area contributed by atoms with Crippen LogP contribution >= 0.6 is 0 Å². The molecule has 0 unspecified atom stereocenters. The van der Waals surface area contributed by atoms with Gasteiger partial charge in [-0.2, -0.15) is 0 Å². The van der Waals surface area contributed by atoms with E-state index in [4.69, 9.17) is 4.74 Å². The lowest BCUT2D eigenvalue weighted by Crippen LogP contribution is -1.95. The Hall–Kier alpha value is -2.97. The van der Waals surface area contributed by atoms with Crippen LogP contribution in [-0.4, -0.2) is 5.97 Å². The van der Waals surface area contributed by atoms with Crippen LogP contribution in [0.2, 0.25) is 0 Å². The second kappa shape index (κ2) is 7.46. The molecule has 0 N–H and O–H groups in total. The number of carbonyl (C=O) groups excluding carboxylic acids is 1. The maximum atomic E-state index is 11.3. The van der Waals surface area contributed by atoms with Gasteiger partial charge < -0.3 is 4.74 Å². The molecule has 20 heavy (non-hydrogen) atoms. The van der Waals surface area contributed by atoms with E-state index in [1.807, 2.05) is 60.7 Å². The predicted octanol–water partition coefficient (Wildman–Crippen LogP) is 2.78. The molecule has 2 rings (SSSR count). The first kappa shape index (κ1) is 13.5. The monoisotopic (exact) mass is 260 g/mol. The van der Waals surface area contributed by atoms with Gasteiger partial charge in [0.25, 0.3) is 0 Å². The van der Waals surface area contributed by atoms with Crippen molar-refractivity contribution in [2.75, 3.05) is 0 Å². The molecule has 0 heterocycles. The molecule has 96 valence electrons. The van der Waals surface area contributed by atoms with Crippen LogP contribution in [-0.2, 0) is 16.0 Å². The van der Waals surface area contributed by atoms with Crippen molar-refractivity contribution >= 4 is 5.97 Å². The van der Waals surface area contributed by atoms with Crippen molar-refractivity contribution in [1.29, 1.82) is 0 Å². The highest BCUT2D eigenvalue weighted by Crippen LogP contribution is 1.98. The smallest absolute Gasteiger partial charge is 0.362 e. The van der Waals surface area contributed by atoms with Gasteiger partial charge in [0.2, 0.25) is 0 Å². The highest BCUT2D eigenvalue weighted by atomic mass is 16.5. The number of ether oxygens (including phenoxy) is 1. The fraction of sp³-hybridized carbons (Fsp3) is 0.0556. The van der Waals surface area contributed by atoms with E-state index in [1.165, 1.54) is 0 Å². The van der Waals surface area contributed by atoms with Crippen molar-refractivity contribution in [1.82, 2.24) is 0 Å². The Morgan fingerprint density at radius 3 is 2.30 bits per heavy atom. The van der Waals surface area contributed by atoms with Crippen LogP contribution in [0.4, 0.5) is 0 Å². The standard InChI is InChI=1S/C18H12O2/c19-18(14-13-17-10-5-2-6-11-17)20-15-7-12-16-8-3-1-4-9-16/h1-6,8-11H,12H2. The number of esters is 1. The zero-order valence-corrected chi connectivity index (χ0v) is 10.8. The van der Waals surface area contributed by atoms with E-state index in [0.717, 1.165) is 11.1 Å². The van der Waals surface area contributed by atoms with Crippen molar-refractivity contribution in [2.45, 2.75) is 6.42 Å². The van der Waals surface area contributed by atoms with E-state index in [-0.39, 0.29) is 0 Å². The van der Waals surface area contributed by atoms with E-state index >= 15 is 0 Å². The van der Waals surface area contributed by atoms with Gasteiger partial charge in [-0.25, -0.2) is 4.79 Å². The zero-order chi connectivity index (χ0) is 14.0. The molecular weight excluding hydrogens is 248 g/mol. The minimum Gasteiger partial charge on any atom is -0.362 e. The van der Waals surface area contributed by atoms with Gasteiger partial charge in [-0.05, 0) is 17.7 Å². The summed E-state index contributed by atoms with van der Waals surface area (Å²) < 4.78 is 4.71. The first-order chi connectivity index (χ1) is 9.84. The van der Waals surface area contributed by atoms with Gasteiger partial charge in [0.05, 0.1) is 0 Å². The van der Waals surface area contributed by atoms with Crippen molar-refractivity contribution in [2.24, 2.45) is 0 Å². The van der Waals surface area contributed by atoms with Crippen LogP contribution in [0, 0.1) is 23.9 Å². The van der Waals surface area contributed by atoms with Gasteiger partial charge >= 0.3 is 5.97 Å². The average molecular weight is 260 g/mol. The van der Waals surface area contributed by atoms with Crippen molar-refractivity contribution < 1.29 is 9.53 Å². The molecule has 0 aromatic heterocycles. The van der Waals surface area contributed by atoms with Gasteiger partial charge in [0, 0.05) is 17.9 Å². The molecular formula is C18H12O2. The predicted molar refractivity (Wildman–Crippen MR) is 77.3 cm³/mol. The molecule has 0 bridgehead atoms. The third kappa shape index (κ3) is 4.72. The van der Waals surface area contributed by atoms with Crippen LogP contribution in [0.25, 0.3) is 0 Å². The Balaban J connectivity index is 1.83. The molecule has 0 saturated heterocycles. The summed E-state index contributed by atoms with van der Waals surface area (Å²) >= 11 is 0. The molecule has 0 aliphatic carbocycles. The largest absolute Gasteiger partial charge is 0.398 e. The first-order valence-electron chi connectivity index (χ1n) is 6.14. The van der Waals surface area contributed by atoms with Crippen molar-refractivity contribution in [3.63, 3.8) is 0 Å². The summed E-state index contributed by atoms with van der Waals surface area (Å²) in [6.07, 6.45) is 2.91. The summed E-state index contributed by atoms with van der Waals surface area (Å²) in [5.41, 5.74) is 1.84. The normalized spacial score (nSPS) is 8.60. The highest BCUT2D eigenvalue weighted by molar-refractivity contribution is 5.89. The Bertz CT molecular complexity index is 680. The molecule has 0 amide bonds. The first-order valence-corrected chi connectivity index (χ1v) is 6.14. The molecule has 0 radical (unpaired) electrons. The maximum Gasteiger partial charge on any atom is 0.398 e. The number of benzene rings is 2. The lowest BCUT2D eigenvalue weighted by molar-refractivity contribution is -0.130. The van der Waals surface area contributed by atoms with Gasteiger partial charge in [-0.1, -0.05) is 60.4 Å². The SMILES string of the molecule is O=C(C#Cc1ccccc1)OC#CCc1ccccc1. The Kier molecular flexibility index (Phi) is 5.02. The molecule has 0 fully saturated rings. The molecule has 2 nitrogen and oxygen atoms in total. The third-order valence-electron chi connectivity index (χ3n) is 2.43. The second-order valence-electron chi connectivity index (χ2n) is 3.95. The van der Waals surface area contributed by atoms with E-state index in [1.54, 1.807) is 0 Å². The van der Waals surface area contributed by atoms with Gasteiger partial charge in [0.1, 0.15) is 6.11 Å². The number of rotatable bonds is 1. The number of hydrogen-bond acceptors (Lipinski definition) is 2. The fourth-order valence-corrected chi connectivity index (χ4v) is 1.49. The molecule has 0 spiro atoms. The lowest BCUT2D eigenvalue weighted by atomic mass is 10.2. The summed E-state index contributed by atoms with van der Waals surface area (Å²) in [6, 6.07) is 19.0. The molecule has 0 aliphatic rings. The van der Waals surface area contributed by atoms with Crippen LogP contribution in [0.3, 0.4) is 0 Å². The summed E-state index contributed by atoms with van der Waals surface area (Å²) in [7, 11) is 0. The van der Waals surface area contributed by atoms with Gasteiger partial charge in [-0.15, -0.1) is 0 Å². The van der Waals surface area contributed by atoms with Crippen LogP contribution < -0.4 is 0 Å². The van der Waals surface area contributed by atoms with Gasteiger partial charge in [-0.3, -0.25) is 0 Å². The number of hydrogen-bond donors (Lipinski definition) is 0. The highest BCUT2D eigenvalue weighted by Gasteiger charge is 1.93. The third-order valence-corrected chi connectivity index (χ3v) is 2.43. The summed E-state index contributed by atoms with van der Waals surface area (Å²) in [4.78, 5) is 11.3. The Labute approximate surface area is 118 Å². The van der Waals surface area contributed by atoms with Gasteiger partial charge in [0.15, 0.2) is 0 Å². The van der Waals surface area contributed by atoms with E-state index in [0.29, 0.717) is 6.42 Å². The molecule has 0 saturated carbocycles. The summed E-state index contributed by atoms with van der Waals surface area (Å²) in [5, 5.41) is 0. The van der Waals surface area contributed by atoms with E-state index < -0.39 is 5.97 Å². The van der Waals surface area contributed by atoms with E-state index in [9.17, 15) is 4.79 Å². The van der Waals surface area contributed by atoms with E-state index in [2.05, 4.69) is 23.9 Å². The van der Waals surface area contributed by atoms with Crippen LogP contribution in [0.5, 0.6) is 0 Å². The minimum atomic E-state index is -0.644. The zero-order valence-electron chi connectivity index (χ0n) is 10.8. The molecule has 2 aromatic carbocycles. The topological polar surface area (TPSA) is 26.3 Å². The quantitative estimate of drug-likeness (QED) is 0.582. The van der Waals surface area contributed by atoms with Crippen LogP contribution in [0.1, 0.15) is 11.1 Å². The molecule has 2 aromatic rings. The lowest BCUT2D eigenvalue weighted by Gasteiger charge is -1.91. The molecule has 0 atom stereocenters. The Morgan fingerprint density at radius 1 is 0.950 bits per heavy atom. The number of carbonyl (C=O) groups is 1. The molecule has 0 aliphatic heterocycles. The Morgan fingerprint density at radius 2 is 1.60 bits per heavy atom. The maximum absolute atomic E-state index is 11.3. The summed E-state index contributed by atoms with van der Waals surface area (Å²) in [5.74, 6) is 7.22. The van der Waals surface area contributed by atoms with Crippen molar-refractivity contribution in [3.8, 4) is 23.9 Å². The van der Waals surface area contributed by atoms with Crippen molar-refractivity contribution in [3.05, 3.63) is 71.8 Å². The van der Waals surface area contributed by atoms with Crippen LogP contribution in [0.15, 0.2) is 60.7 Å². The summed E-state index contributed by atoms with van der Waals surface area (Å²) in [6.45, 7) is 0. The fourth-order valence-electron chi connectivity index (χ4n) is 1.49. The average Bonchev–Trinajstić information content (AvgIpc) is 2.52. The second-order valence-corrected chi connectivity index (χ2v) is 3.95. The minimum absolute atomic E-state index is 0.542.